The van der Waals surface area contributed by atoms with Gasteiger partial charge in [0, 0.05) is 19.2 Å². The molecule has 0 fully saturated rings. The van der Waals surface area contributed by atoms with Gasteiger partial charge in [-0.05, 0) is 17.0 Å². The van der Waals surface area contributed by atoms with E-state index in [2.05, 4.69) is 4.85 Å². The Kier molecular flexibility index (Phi) is 6.00. The first-order chi connectivity index (χ1) is 7.86. The van der Waals surface area contributed by atoms with Crippen LogP contribution in [-0.2, 0) is 9.47 Å². The van der Waals surface area contributed by atoms with Crippen molar-refractivity contribution in [2.24, 2.45) is 0 Å². The molecule has 16 heavy (non-hydrogen) atoms. The third-order valence-electron chi connectivity index (χ3n) is 1.91. The average Bonchev–Trinajstić information content (AvgIpc) is 2.34. The summed E-state index contributed by atoms with van der Waals surface area (Å²) in [6, 6.07) is 7.23. The first kappa shape index (κ1) is 12.5. The van der Waals surface area contributed by atoms with E-state index in [9.17, 15) is 0 Å². The van der Waals surface area contributed by atoms with Crippen molar-refractivity contribution >= 4 is 5.69 Å². The second-order valence-corrected chi connectivity index (χ2v) is 3.08. The quantitative estimate of drug-likeness (QED) is 0.663. The monoisotopic (exact) mass is 222 g/mol. The highest BCUT2D eigenvalue weighted by Gasteiger charge is 1.99. The molecule has 86 valence electrons. The molecule has 0 bridgehead atoms. The van der Waals surface area contributed by atoms with Gasteiger partial charge in [-0.25, -0.2) is 0 Å². The standard InChI is InChI=1S/C12H16NO3/c1-13-11-3-5-12(6-4-11)16-10-9-15-8-7-14-2/h1,3-6H,7-10H2,2H3/q+1. The van der Waals surface area contributed by atoms with E-state index in [-0.39, 0.29) is 0 Å². The van der Waals surface area contributed by atoms with Crippen LogP contribution >= 0.6 is 0 Å². The third-order valence-corrected chi connectivity index (χ3v) is 1.91. The van der Waals surface area contributed by atoms with E-state index in [1.54, 1.807) is 19.2 Å². The number of hydrogen-bond acceptors (Lipinski definition) is 3. The zero-order valence-electron chi connectivity index (χ0n) is 9.39. The first-order valence-corrected chi connectivity index (χ1v) is 5.07. The molecule has 4 heteroatoms. The summed E-state index contributed by atoms with van der Waals surface area (Å²) in [5, 5.41) is 0. The molecular formula is C12H16NO3+. The predicted molar refractivity (Wildman–Crippen MR) is 62.6 cm³/mol. The number of methoxy groups -OCH3 is 1. The maximum absolute atomic E-state index is 5.44. The minimum atomic E-state index is 0.517. The van der Waals surface area contributed by atoms with Crippen LogP contribution in [0.3, 0.4) is 0 Å². The lowest BCUT2D eigenvalue weighted by atomic mass is 10.3. The van der Waals surface area contributed by atoms with Crippen molar-refractivity contribution in [1.82, 2.24) is 0 Å². The Balaban J connectivity index is 2.15. The van der Waals surface area contributed by atoms with Crippen LogP contribution in [0.15, 0.2) is 24.3 Å². The predicted octanol–water partition coefficient (Wildman–Crippen LogP) is 2.32. The fourth-order valence-corrected chi connectivity index (χ4v) is 1.09. The van der Waals surface area contributed by atoms with E-state index >= 15 is 0 Å². The zero-order valence-corrected chi connectivity index (χ0v) is 9.39. The van der Waals surface area contributed by atoms with E-state index in [0.29, 0.717) is 26.4 Å². The third kappa shape index (κ3) is 4.78. The van der Waals surface area contributed by atoms with Crippen molar-refractivity contribution in [1.29, 1.82) is 0 Å². The minimum absolute atomic E-state index is 0.517. The fourth-order valence-electron chi connectivity index (χ4n) is 1.09. The van der Waals surface area contributed by atoms with Gasteiger partial charge in [-0.3, -0.25) is 0 Å². The van der Waals surface area contributed by atoms with Gasteiger partial charge < -0.3 is 14.2 Å². The summed E-state index contributed by atoms with van der Waals surface area (Å²) in [4.78, 5) is 3.55. The highest BCUT2D eigenvalue weighted by Crippen LogP contribution is 2.17. The Morgan fingerprint density at radius 1 is 1.06 bits per heavy atom. The molecule has 0 aliphatic heterocycles. The van der Waals surface area contributed by atoms with Crippen LogP contribution in [0.1, 0.15) is 0 Å². The molecule has 0 aromatic heterocycles. The molecule has 0 heterocycles. The Morgan fingerprint density at radius 2 is 1.75 bits per heavy atom. The van der Waals surface area contributed by atoms with Crippen LogP contribution in [-0.4, -0.2) is 33.5 Å². The largest absolute Gasteiger partial charge is 0.491 e. The summed E-state index contributed by atoms with van der Waals surface area (Å²) in [5.74, 6) is 0.780. The number of hydrogen-bond donors (Lipinski definition) is 0. The zero-order chi connectivity index (χ0) is 11.6. The van der Waals surface area contributed by atoms with Crippen molar-refractivity contribution in [3.63, 3.8) is 0 Å². The molecule has 0 atom stereocenters. The summed E-state index contributed by atoms with van der Waals surface area (Å²) in [6.07, 6.45) is 0. The second-order valence-electron chi connectivity index (χ2n) is 3.08. The lowest BCUT2D eigenvalue weighted by Gasteiger charge is -2.06. The highest BCUT2D eigenvalue weighted by atomic mass is 16.5. The van der Waals surface area contributed by atoms with Crippen molar-refractivity contribution in [3.8, 4) is 12.3 Å². The lowest BCUT2D eigenvalue weighted by molar-refractivity contribution is 0.0544. The van der Waals surface area contributed by atoms with Crippen molar-refractivity contribution < 1.29 is 14.2 Å². The van der Waals surface area contributed by atoms with Crippen LogP contribution in [0.2, 0.25) is 0 Å². The molecular weight excluding hydrogens is 206 g/mol. The SMILES string of the molecule is C#[N+]c1ccc(OCCOCCOC)cc1. The van der Waals surface area contributed by atoms with Gasteiger partial charge in [-0.2, -0.15) is 0 Å². The molecule has 1 aromatic carbocycles. The number of nitrogens with zero attached hydrogens (tertiary/aromatic N) is 1. The van der Waals surface area contributed by atoms with Gasteiger partial charge in [-0.1, -0.05) is 0 Å². The van der Waals surface area contributed by atoms with Crippen LogP contribution in [0.5, 0.6) is 5.75 Å². The van der Waals surface area contributed by atoms with Gasteiger partial charge in [0.25, 0.3) is 6.57 Å². The van der Waals surface area contributed by atoms with Gasteiger partial charge in [0.05, 0.1) is 19.8 Å². The second kappa shape index (κ2) is 7.69. The Bertz CT molecular complexity index is 329. The van der Waals surface area contributed by atoms with E-state index < -0.39 is 0 Å². The summed E-state index contributed by atoms with van der Waals surface area (Å²) >= 11 is 0. The van der Waals surface area contributed by atoms with E-state index in [0.717, 1.165) is 11.4 Å². The van der Waals surface area contributed by atoms with Gasteiger partial charge in [0.2, 0.25) is 0 Å². The molecule has 0 amide bonds. The smallest absolute Gasteiger partial charge is 0.340 e. The van der Waals surface area contributed by atoms with Gasteiger partial charge in [-0.15, -0.1) is 0 Å². The summed E-state index contributed by atoms with van der Waals surface area (Å²) in [6.45, 7) is 7.38. The van der Waals surface area contributed by atoms with Crippen LogP contribution in [0.4, 0.5) is 5.69 Å². The van der Waals surface area contributed by atoms with Crippen molar-refractivity contribution in [2.45, 2.75) is 0 Å². The summed E-state index contributed by atoms with van der Waals surface area (Å²) < 4.78 is 15.5. The average molecular weight is 222 g/mol. The minimum Gasteiger partial charge on any atom is -0.491 e. The molecule has 0 unspecified atom stereocenters. The maximum Gasteiger partial charge on any atom is 0.340 e. The highest BCUT2D eigenvalue weighted by molar-refractivity contribution is 5.47. The Morgan fingerprint density at radius 3 is 2.38 bits per heavy atom. The van der Waals surface area contributed by atoms with Gasteiger partial charge >= 0.3 is 5.69 Å². The molecule has 0 aliphatic carbocycles. The molecule has 0 aliphatic rings. The fraction of sp³-hybridized carbons (Fsp3) is 0.417. The first-order valence-electron chi connectivity index (χ1n) is 5.07. The number of rotatable bonds is 7. The van der Waals surface area contributed by atoms with Crippen LogP contribution in [0, 0.1) is 6.57 Å². The van der Waals surface area contributed by atoms with E-state index in [4.69, 9.17) is 20.8 Å². The Labute approximate surface area is 95.6 Å². The molecule has 0 saturated carbocycles. The van der Waals surface area contributed by atoms with Gasteiger partial charge in [0.1, 0.15) is 12.4 Å². The lowest BCUT2D eigenvalue weighted by Crippen LogP contribution is -2.09. The maximum atomic E-state index is 5.44. The number of benzene rings is 1. The van der Waals surface area contributed by atoms with Gasteiger partial charge in [0.15, 0.2) is 0 Å². The van der Waals surface area contributed by atoms with Crippen molar-refractivity contribution in [3.05, 3.63) is 29.1 Å². The summed E-state index contributed by atoms with van der Waals surface area (Å²) in [5.41, 5.74) is 0.726. The molecule has 1 aromatic rings. The van der Waals surface area contributed by atoms with E-state index in [1.807, 2.05) is 12.1 Å². The van der Waals surface area contributed by atoms with E-state index in [1.165, 1.54) is 0 Å². The molecule has 4 nitrogen and oxygen atoms in total. The molecule has 0 N–H and O–H groups in total. The van der Waals surface area contributed by atoms with Crippen LogP contribution < -0.4 is 4.74 Å². The molecule has 0 saturated heterocycles. The molecule has 1 rings (SSSR count). The molecule has 0 radical (unpaired) electrons. The van der Waals surface area contributed by atoms with Crippen LogP contribution in [0.25, 0.3) is 4.85 Å². The normalized spacial score (nSPS) is 9.75. The van der Waals surface area contributed by atoms with Crippen molar-refractivity contribution in [2.75, 3.05) is 33.5 Å². The summed E-state index contributed by atoms with van der Waals surface area (Å²) in [7, 11) is 1.64. The number of ether oxygens (including phenoxy) is 3. The Hall–Kier alpha value is -1.57. The topological polar surface area (TPSA) is 32.0 Å². The molecule has 0 spiro atoms.